The van der Waals surface area contributed by atoms with Gasteiger partial charge in [-0.15, -0.1) is 0 Å². The molecule has 0 spiro atoms. The van der Waals surface area contributed by atoms with Gasteiger partial charge in [0.2, 0.25) is 0 Å². The van der Waals surface area contributed by atoms with Gasteiger partial charge in [0.25, 0.3) is 0 Å². The average molecular weight is 277 g/mol. The van der Waals surface area contributed by atoms with Crippen LogP contribution in [0.25, 0.3) is 0 Å². The van der Waals surface area contributed by atoms with Gasteiger partial charge in [0.1, 0.15) is 0 Å². The number of ether oxygens (including phenoxy) is 1. The summed E-state index contributed by atoms with van der Waals surface area (Å²) in [6.45, 7) is -0.504. The van der Waals surface area contributed by atoms with Crippen LogP contribution in [0.4, 0.5) is 13.2 Å². The Morgan fingerprint density at radius 3 is 2.68 bits per heavy atom. The molecule has 1 aromatic carbocycles. The Bertz CT molecular complexity index is 388. The van der Waals surface area contributed by atoms with Crippen molar-refractivity contribution in [1.82, 2.24) is 5.32 Å². The van der Waals surface area contributed by atoms with Crippen LogP contribution < -0.4 is 10.1 Å². The first-order valence-corrected chi connectivity index (χ1v) is 6.10. The van der Waals surface area contributed by atoms with E-state index in [1.165, 1.54) is 18.2 Å². The van der Waals surface area contributed by atoms with Crippen LogP contribution in [0.1, 0.15) is 25.3 Å². The van der Waals surface area contributed by atoms with E-state index < -0.39 is 18.2 Å². The minimum Gasteiger partial charge on any atom is -0.432 e. The summed E-state index contributed by atoms with van der Waals surface area (Å²) in [5, 5.41) is 11.8. The number of nitrogens with one attached hydrogen (secondary N) is 1. The summed E-state index contributed by atoms with van der Waals surface area (Å²) in [4.78, 5) is 0. The lowest BCUT2D eigenvalue weighted by Crippen LogP contribution is -2.25. The summed E-state index contributed by atoms with van der Waals surface area (Å²) in [6.07, 6.45) is 1.51. The van der Waals surface area contributed by atoms with E-state index in [9.17, 15) is 13.2 Å². The van der Waals surface area contributed by atoms with Crippen LogP contribution in [0, 0.1) is 5.82 Å². The third-order valence-electron chi connectivity index (χ3n) is 2.66. The lowest BCUT2D eigenvalue weighted by molar-refractivity contribution is -0.0522. The molecule has 108 valence electrons. The number of benzene rings is 1. The molecule has 0 saturated carbocycles. The molecule has 0 saturated heterocycles. The topological polar surface area (TPSA) is 41.5 Å². The molecular weight excluding hydrogens is 259 g/mol. The van der Waals surface area contributed by atoms with Crippen LogP contribution in [-0.4, -0.2) is 24.4 Å². The van der Waals surface area contributed by atoms with Gasteiger partial charge in [-0.2, -0.15) is 8.78 Å². The van der Waals surface area contributed by atoms with E-state index in [0.29, 0.717) is 18.5 Å². The predicted molar refractivity (Wildman–Crippen MR) is 65.7 cm³/mol. The number of rotatable bonds is 8. The molecule has 0 aliphatic carbocycles. The van der Waals surface area contributed by atoms with Gasteiger partial charge in [-0.05, 0) is 37.5 Å². The Morgan fingerprint density at radius 1 is 1.37 bits per heavy atom. The van der Waals surface area contributed by atoms with Crippen LogP contribution in [0.5, 0.6) is 5.75 Å². The number of alkyl halides is 2. The summed E-state index contributed by atoms with van der Waals surface area (Å²) in [5.41, 5.74) is 0.648. The SMILES string of the molecule is CC(CCCO)NCc1ccc(OC(F)F)c(F)c1. The number of halogens is 3. The van der Waals surface area contributed by atoms with Crippen molar-refractivity contribution in [3.05, 3.63) is 29.6 Å². The van der Waals surface area contributed by atoms with E-state index in [4.69, 9.17) is 5.11 Å². The minimum absolute atomic E-state index is 0.139. The van der Waals surface area contributed by atoms with E-state index in [-0.39, 0.29) is 12.6 Å². The monoisotopic (exact) mass is 277 g/mol. The summed E-state index contributed by atoms with van der Waals surface area (Å²) >= 11 is 0. The lowest BCUT2D eigenvalue weighted by atomic mass is 10.1. The summed E-state index contributed by atoms with van der Waals surface area (Å²) < 4.78 is 41.3. The minimum atomic E-state index is -3.03. The molecule has 0 aliphatic heterocycles. The third kappa shape index (κ3) is 5.94. The van der Waals surface area contributed by atoms with Gasteiger partial charge in [0.15, 0.2) is 11.6 Å². The molecule has 0 heterocycles. The zero-order chi connectivity index (χ0) is 14.3. The summed E-state index contributed by atoms with van der Waals surface area (Å²) in [7, 11) is 0. The largest absolute Gasteiger partial charge is 0.432 e. The quantitative estimate of drug-likeness (QED) is 0.767. The Hall–Kier alpha value is -1.27. The highest BCUT2D eigenvalue weighted by Gasteiger charge is 2.10. The molecule has 0 amide bonds. The molecule has 19 heavy (non-hydrogen) atoms. The highest BCUT2D eigenvalue weighted by Crippen LogP contribution is 2.20. The fourth-order valence-corrected chi connectivity index (χ4v) is 1.64. The van der Waals surface area contributed by atoms with E-state index in [1.807, 2.05) is 6.92 Å². The molecule has 0 fully saturated rings. The Kier molecular flexibility index (Phi) is 6.66. The van der Waals surface area contributed by atoms with Crippen molar-refractivity contribution in [3.8, 4) is 5.75 Å². The van der Waals surface area contributed by atoms with Crippen molar-refractivity contribution in [2.75, 3.05) is 6.61 Å². The highest BCUT2D eigenvalue weighted by molar-refractivity contribution is 5.29. The van der Waals surface area contributed by atoms with Crippen LogP contribution in [-0.2, 0) is 6.54 Å². The highest BCUT2D eigenvalue weighted by atomic mass is 19.3. The van der Waals surface area contributed by atoms with E-state index >= 15 is 0 Å². The number of hydrogen-bond donors (Lipinski definition) is 2. The maximum absolute atomic E-state index is 13.4. The van der Waals surface area contributed by atoms with Crippen molar-refractivity contribution in [3.63, 3.8) is 0 Å². The number of aliphatic hydroxyl groups is 1. The second-order valence-corrected chi connectivity index (χ2v) is 4.29. The van der Waals surface area contributed by atoms with Crippen molar-refractivity contribution in [2.45, 2.75) is 39.0 Å². The van der Waals surface area contributed by atoms with Gasteiger partial charge in [-0.25, -0.2) is 4.39 Å². The molecular formula is C13H18F3NO2. The maximum Gasteiger partial charge on any atom is 0.387 e. The Balaban J connectivity index is 2.49. The molecule has 1 aromatic rings. The lowest BCUT2D eigenvalue weighted by Gasteiger charge is -2.13. The molecule has 3 nitrogen and oxygen atoms in total. The zero-order valence-electron chi connectivity index (χ0n) is 10.7. The molecule has 0 radical (unpaired) electrons. The second kappa shape index (κ2) is 8.01. The molecule has 1 unspecified atom stereocenters. The van der Waals surface area contributed by atoms with E-state index in [1.54, 1.807) is 0 Å². The molecule has 0 aromatic heterocycles. The number of aliphatic hydroxyl groups excluding tert-OH is 1. The molecule has 2 N–H and O–H groups in total. The first kappa shape index (κ1) is 15.8. The van der Waals surface area contributed by atoms with Crippen molar-refractivity contribution in [1.29, 1.82) is 0 Å². The van der Waals surface area contributed by atoms with Gasteiger partial charge in [0.05, 0.1) is 0 Å². The third-order valence-corrected chi connectivity index (χ3v) is 2.66. The molecule has 0 bridgehead atoms. The fourth-order valence-electron chi connectivity index (χ4n) is 1.64. The van der Waals surface area contributed by atoms with Gasteiger partial charge >= 0.3 is 6.61 Å². The van der Waals surface area contributed by atoms with Crippen LogP contribution in [0.15, 0.2) is 18.2 Å². The number of hydrogen-bond acceptors (Lipinski definition) is 3. The van der Waals surface area contributed by atoms with Crippen molar-refractivity contribution in [2.24, 2.45) is 0 Å². The van der Waals surface area contributed by atoms with Crippen LogP contribution in [0.2, 0.25) is 0 Å². The first-order valence-electron chi connectivity index (χ1n) is 6.10. The molecule has 0 aliphatic rings. The normalized spacial score (nSPS) is 12.7. The van der Waals surface area contributed by atoms with Gasteiger partial charge in [0, 0.05) is 19.2 Å². The summed E-state index contributed by atoms with van der Waals surface area (Å²) in [5.74, 6) is -1.25. The van der Waals surface area contributed by atoms with Gasteiger partial charge in [-0.3, -0.25) is 0 Å². The van der Waals surface area contributed by atoms with Crippen molar-refractivity contribution < 1.29 is 23.0 Å². The van der Waals surface area contributed by atoms with E-state index in [0.717, 1.165) is 6.42 Å². The Morgan fingerprint density at radius 2 is 2.11 bits per heavy atom. The fraction of sp³-hybridized carbons (Fsp3) is 0.538. The van der Waals surface area contributed by atoms with Gasteiger partial charge < -0.3 is 15.2 Å². The smallest absolute Gasteiger partial charge is 0.387 e. The van der Waals surface area contributed by atoms with Crippen LogP contribution >= 0.6 is 0 Å². The van der Waals surface area contributed by atoms with Crippen LogP contribution in [0.3, 0.4) is 0 Å². The van der Waals surface area contributed by atoms with Crippen molar-refractivity contribution >= 4 is 0 Å². The van der Waals surface area contributed by atoms with Gasteiger partial charge in [-0.1, -0.05) is 6.07 Å². The molecule has 1 rings (SSSR count). The average Bonchev–Trinajstić information content (AvgIpc) is 2.36. The zero-order valence-corrected chi connectivity index (χ0v) is 10.7. The standard InChI is InChI=1S/C13H18F3NO2/c1-9(3-2-6-18)17-8-10-4-5-12(11(14)7-10)19-13(15)16/h4-5,7,9,13,17-18H,2-3,6,8H2,1H3. The molecule has 6 heteroatoms. The second-order valence-electron chi connectivity index (χ2n) is 4.29. The molecule has 1 atom stereocenters. The first-order chi connectivity index (χ1) is 9.02. The predicted octanol–water partition coefficient (Wildman–Crippen LogP) is 2.68. The summed E-state index contributed by atoms with van der Waals surface area (Å²) in [6, 6.07) is 4.08. The Labute approximate surface area is 110 Å². The van der Waals surface area contributed by atoms with E-state index in [2.05, 4.69) is 10.1 Å². The maximum atomic E-state index is 13.4.